The molecule has 0 fully saturated rings. The zero-order valence-electron chi connectivity index (χ0n) is 16.1. The first-order valence-corrected chi connectivity index (χ1v) is 10.1. The first kappa shape index (κ1) is 20.7. The van der Waals surface area contributed by atoms with Crippen molar-refractivity contribution in [3.05, 3.63) is 101 Å². The molecule has 0 radical (unpaired) electrons. The summed E-state index contributed by atoms with van der Waals surface area (Å²) in [5.74, 6) is 0.358. The lowest BCUT2D eigenvalue weighted by atomic mass is 10.1. The van der Waals surface area contributed by atoms with Gasteiger partial charge in [-0.25, -0.2) is 4.79 Å². The highest BCUT2D eigenvalue weighted by molar-refractivity contribution is 9.10. The highest BCUT2D eigenvalue weighted by Crippen LogP contribution is 2.22. The highest BCUT2D eigenvalue weighted by Gasteiger charge is 2.13. The number of nitrogens with one attached hydrogen (secondary N) is 1. The summed E-state index contributed by atoms with van der Waals surface area (Å²) >= 11 is 3.41. The van der Waals surface area contributed by atoms with E-state index in [4.69, 9.17) is 9.47 Å². The van der Waals surface area contributed by atoms with Crippen LogP contribution < -0.4 is 10.1 Å². The third-order valence-corrected chi connectivity index (χ3v) is 4.67. The Morgan fingerprint density at radius 1 is 0.966 bits per heavy atom. The van der Waals surface area contributed by atoms with Crippen molar-refractivity contribution >= 4 is 33.2 Å². The second kappa shape index (κ2) is 10.5. The zero-order valence-corrected chi connectivity index (χ0v) is 17.7. The van der Waals surface area contributed by atoms with Crippen LogP contribution in [0.1, 0.15) is 18.1 Å². The number of carbonyl (C=O) groups excluding carboxylic acids is 1. The summed E-state index contributed by atoms with van der Waals surface area (Å²) in [6, 6.07) is 25.1. The van der Waals surface area contributed by atoms with Gasteiger partial charge in [0.1, 0.15) is 12.4 Å². The number of esters is 1. The van der Waals surface area contributed by atoms with E-state index >= 15 is 0 Å². The van der Waals surface area contributed by atoms with Gasteiger partial charge in [-0.2, -0.15) is 0 Å². The van der Waals surface area contributed by atoms with Gasteiger partial charge in [0.15, 0.2) is 0 Å². The maximum Gasteiger partial charge on any atom is 0.340 e. The molecule has 0 spiro atoms. The van der Waals surface area contributed by atoms with Gasteiger partial charge in [-0.15, -0.1) is 0 Å². The molecular formula is C24H22BrNO3. The fourth-order valence-electron chi connectivity index (χ4n) is 2.64. The van der Waals surface area contributed by atoms with E-state index in [1.165, 1.54) is 0 Å². The minimum absolute atomic E-state index is 0.312. The van der Waals surface area contributed by atoms with E-state index in [1.807, 2.05) is 78.9 Å². The number of halogens is 1. The van der Waals surface area contributed by atoms with E-state index in [-0.39, 0.29) is 5.97 Å². The zero-order chi connectivity index (χ0) is 20.5. The van der Waals surface area contributed by atoms with Gasteiger partial charge in [-0.05, 0) is 54.4 Å². The van der Waals surface area contributed by atoms with Crippen molar-refractivity contribution in [3.8, 4) is 5.75 Å². The summed E-state index contributed by atoms with van der Waals surface area (Å²) in [5.41, 5.74) is 3.17. The van der Waals surface area contributed by atoms with Gasteiger partial charge in [-0.1, -0.05) is 58.4 Å². The molecule has 0 amide bonds. The van der Waals surface area contributed by atoms with Crippen molar-refractivity contribution in [2.24, 2.45) is 0 Å². The topological polar surface area (TPSA) is 47.6 Å². The molecule has 0 saturated heterocycles. The molecule has 0 aliphatic rings. The maximum atomic E-state index is 12.4. The average molecular weight is 452 g/mol. The molecule has 0 unspecified atom stereocenters. The van der Waals surface area contributed by atoms with Crippen LogP contribution in [0, 0.1) is 0 Å². The molecule has 0 aromatic heterocycles. The van der Waals surface area contributed by atoms with Gasteiger partial charge in [0.05, 0.1) is 12.2 Å². The van der Waals surface area contributed by atoms with Crippen LogP contribution >= 0.6 is 15.9 Å². The molecule has 0 bridgehead atoms. The number of hydrogen-bond acceptors (Lipinski definition) is 4. The summed E-state index contributed by atoms with van der Waals surface area (Å²) in [4.78, 5) is 12.4. The molecule has 3 aromatic carbocycles. The minimum Gasteiger partial charge on any atom is -0.489 e. The highest BCUT2D eigenvalue weighted by atomic mass is 79.9. The molecule has 3 rings (SSSR count). The molecule has 0 aliphatic carbocycles. The standard InChI is InChI=1S/C24H22BrNO3/c1-2-28-24(27)23(16-26-21-12-10-20(25)11-13-21)19-8-14-22(15-9-19)29-17-18-6-4-3-5-7-18/h3-16,26H,2,17H2,1H3/b23-16+. The Morgan fingerprint density at radius 2 is 1.66 bits per heavy atom. The molecule has 4 nitrogen and oxygen atoms in total. The molecule has 0 atom stereocenters. The Morgan fingerprint density at radius 3 is 2.31 bits per heavy atom. The first-order chi connectivity index (χ1) is 14.2. The maximum absolute atomic E-state index is 12.4. The molecule has 0 saturated carbocycles. The van der Waals surface area contributed by atoms with Crippen molar-refractivity contribution in [1.29, 1.82) is 0 Å². The second-order valence-electron chi connectivity index (χ2n) is 6.23. The van der Waals surface area contributed by atoms with Crippen molar-refractivity contribution in [1.82, 2.24) is 0 Å². The van der Waals surface area contributed by atoms with Crippen LogP contribution in [0.3, 0.4) is 0 Å². The lowest BCUT2D eigenvalue weighted by Crippen LogP contribution is -2.08. The van der Waals surface area contributed by atoms with E-state index < -0.39 is 0 Å². The largest absolute Gasteiger partial charge is 0.489 e. The second-order valence-corrected chi connectivity index (χ2v) is 7.14. The predicted molar refractivity (Wildman–Crippen MR) is 120 cm³/mol. The summed E-state index contributed by atoms with van der Waals surface area (Å²) in [7, 11) is 0. The van der Waals surface area contributed by atoms with Gasteiger partial charge in [0.25, 0.3) is 0 Å². The normalized spacial score (nSPS) is 11.0. The Kier molecular flexibility index (Phi) is 7.47. The molecule has 148 valence electrons. The van der Waals surface area contributed by atoms with Crippen molar-refractivity contribution < 1.29 is 14.3 Å². The van der Waals surface area contributed by atoms with E-state index in [2.05, 4.69) is 21.2 Å². The van der Waals surface area contributed by atoms with Crippen LogP contribution in [0.2, 0.25) is 0 Å². The van der Waals surface area contributed by atoms with E-state index in [9.17, 15) is 4.79 Å². The van der Waals surface area contributed by atoms with Gasteiger partial charge >= 0.3 is 5.97 Å². The van der Waals surface area contributed by atoms with E-state index in [1.54, 1.807) is 13.1 Å². The number of ether oxygens (including phenoxy) is 2. The quantitative estimate of drug-likeness (QED) is 0.334. The van der Waals surface area contributed by atoms with Crippen LogP contribution in [0.25, 0.3) is 5.57 Å². The molecule has 0 heterocycles. The molecule has 0 aliphatic heterocycles. The van der Waals surface area contributed by atoms with Gasteiger partial charge in [-0.3, -0.25) is 0 Å². The number of benzene rings is 3. The molecule has 5 heteroatoms. The van der Waals surface area contributed by atoms with E-state index in [0.717, 1.165) is 27.0 Å². The first-order valence-electron chi connectivity index (χ1n) is 9.32. The van der Waals surface area contributed by atoms with Crippen LogP contribution in [0.15, 0.2) is 89.5 Å². The summed E-state index contributed by atoms with van der Waals surface area (Å²) in [5, 5.41) is 3.16. The Balaban J connectivity index is 1.73. The van der Waals surface area contributed by atoms with Gasteiger partial charge in [0, 0.05) is 16.4 Å². The average Bonchev–Trinajstić information content (AvgIpc) is 2.75. The summed E-state index contributed by atoms with van der Waals surface area (Å²) < 4.78 is 12.0. The fraction of sp³-hybridized carbons (Fsp3) is 0.125. The van der Waals surface area contributed by atoms with Crippen molar-refractivity contribution in [2.75, 3.05) is 11.9 Å². The number of rotatable bonds is 8. The van der Waals surface area contributed by atoms with Crippen LogP contribution in [-0.2, 0) is 16.1 Å². The number of carbonyl (C=O) groups is 1. The molecule has 3 aromatic rings. The number of hydrogen-bond donors (Lipinski definition) is 1. The SMILES string of the molecule is CCOC(=O)/C(=C/Nc1ccc(Br)cc1)c1ccc(OCc2ccccc2)cc1. The van der Waals surface area contributed by atoms with Crippen molar-refractivity contribution in [2.45, 2.75) is 13.5 Å². The lowest BCUT2D eigenvalue weighted by molar-refractivity contribution is -0.136. The minimum atomic E-state index is -0.380. The third kappa shape index (κ3) is 6.22. The molecular weight excluding hydrogens is 430 g/mol. The van der Waals surface area contributed by atoms with Crippen LogP contribution in [0.5, 0.6) is 5.75 Å². The monoisotopic (exact) mass is 451 g/mol. The predicted octanol–water partition coefficient (Wildman–Crippen LogP) is 6.04. The fourth-order valence-corrected chi connectivity index (χ4v) is 2.91. The Hall–Kier alpha value is -3.05. The Bertz CT molecular complexity index is 952. The third-order valence-electron chi connectivity index (χ3n) is 4.14. The number of anilines is 1. The van der Waals surface area contributed by atoms with Gasteiger partial charge in [0.2, 0.25) is 0 Å². The Labute approximate surface area is 179 Å². The lowest BCUT2D eigenvalue weighted by Gasteiger charge is -2.11. The summed E-state index contributed by atoms with van der Waals surface area (Å²) in [6.07, 6.45) is 1.67. The van der Waals surface area contributed by atoms with E-state index in [0.29, 0.717) is 18.8 Å². The summed E-state index contributed by atoms with van der Waals surface area (Å²) in [6.45, 7) is 2.59. The van der Waals surface area contributed by atoms with Crippen LogP contribution in [0.4, 0.5) is 5.69 Å². The van der Waals surface area contributed by atoms with Crippen molar-refractivity contribution in [3.63, 3.8) is 0 Å². The van der Waals surface area contributed by atoms with Crippen LogP contribution in [-0.4, -0.2) is 12.6 Å². The molecule has 1 N–H and O–H groups in total. The molecule has 29 heavy (non-hydrogen) atoms. The smallest absolute Gasteiger partial charge is 0.340 e. The van der Waals surface area contributed by atoms with Gasteiger partial charge < -0.3 is 14.8 Å².